The van der Waals surface area contributed by atoms with E-state index in [1.807, 2.05) is 61.6 Å². The Hall–Kier alpha value is -4.17. The van der Waals surface area contributed by atoms with Gasteiger partial charge in [0.2, 0.25) is 0 Å². The summed E-state index contributed by atoms with van der Waals surface area (Å²) in [6.07, 6.45) is 6.15. The van der Waals surface area contributed by atoms with Crippen molar-refractivity contribution in [2.45, 2.75) is 25.3 Å². The second-order valence-electron chi connectivity index (χ2n) is 9.85. The van der Waals surface area contributed by atoms with Crippen LogP contribution in [0.1, 0.15) is 40.4 Å². The fourth-order valence-corrected chi connectivity index (χ4v) is 5.01. The molecule has 1 unspecified atom stereocenters. The van der Waals surface area contributed by atoms with Gasteiger partial charge in [0.15, 0.2) is 0 Å². The molecular weight excluding hydrogens is 492 g/mol. The largest absolute Gasteiger partial charge is 0.494 e. The first kappa shape index (κ1) is 26.4. The summed E-state index contributed by atoms with van der Waals surface area (Å²) in [6, 6.07) is 19.1. The summed E-state index contributed by atoms with van der Waals surface area (Å²) in [5, 5.41) is 4.59. The summed E-state index contributed by atoms with van der Waals surface area (Å²) in [5.74, 6) is 1.48. The zero-order valence-corrected chi connectivity index (χ0v) is 22.4. The molecule has 1 atom stereocenters. The Kier molecular flexibility index (Phi) is 8.22. The van der Waals surface area contributed by atoms with Gasteiger partial charge in [-0.05, 0) is 66.4 Å². The molecule has 4 aromatic rings. The molecule has 0 bridgehead atoms. The fourth-order valence-electron chi connectivity index (χ4n) is 5.01. The van der Waals surface area contributed by atoms with Gasteiger partial charge in [-0.3, -0.25) is 14.6 Å². The van der Waals surface area contributed by atoms with Crippen LogP contribution in [0.5, 0.6) is 11.5 Å². The number of carbonyl (C=O) groups excluding carboxylic acids is 1. The van der Waals surface area contributed by atoms with Crippen molar-refractivity contribution < 1.29 is 14.3 Å². The van der Waals surface area contributed by atoms with Gasteiger partial charge in [-0.25, -0.2) is 0 Å². The number of nitrogens with zero attached hydrogens (tertiary/aromatic N) is 3. The minimum Gasteiger partial charge on any atom is -0.494 e. The lowest BCUT2D eigenvalue weighted by Crippen LogP contribution is -2.35. The van der Waals surface area contributed by atoms with Crippen molar-refractivity contribution in [2.75, 3.05) is 33.4 Å². The lowest BCUT2D eigenvalue weighted by molar-refractivity contribution is 0.0791. The number of aryl methyl sites for hydroxylation is 1. The number of rotatable bonds is 11. The first-order valence-corrected chi connectivity index (χ1v) is 13.4. The Morgan fingerprint density at radius 1 is 1.15 bits per heavy atom. The van der Waals surface area contributed by atoms with E-state index in [1.54, 1.807) is 35.0 Å². The molecule has 0 fully saturated rings. The Balaban J connectivity index is 1.15. The van der Waals surface area contributed by atoms with Gasteiger partial charge in [-0.1, -0.05) is 12.1 Å². The number of hydrogen-bond donors (Lipinski definition) is 1. The van der Waals surface area contributed by atoms with Crippen LogP contribution in [0.4, 0.5) is 0 Å². The summed E-state index contributed by atoms with van der Waals surface area (Å²) in [4.78, 5) is 30.8. The van der Waals surface area contributed by atoms with Crippen LogP contribution in [0.2, 0.25) is 0 Å². The van der Waals surface area contributed by atoms with Crippen LogP contribution in [0, 0.1) is 0 Å². The van der Waals surface area contributed by atoms with Crippen molar-refractivity contribution in [1.82, 2.24) is 19.8 Å². The number of ether oxygens (including phenoxy) is 2. The highest BCUT2D eigenvalue weighted by molar-refractivity contribution is 5.97. The normalized spacial score (nSPS) is 13.1. The van der Waals surface area contributed by atoms with Crippen molar-refractivity contribution in [3.63, 3.8) is 0 Å². The summed E-state index contributed by atoms with van der Waals surface area (Å²) in [6.45, 7) is 2.41. The Labute approximate surface area is 228 Å². The van der Waals surface area contributed by atoms with Crippen molar-refractivity contribution in [1.29, 1.82) is 0 Å². The van der Waals surface area contributed by atoms with Crippen LogP contribution >= 0.6 is 0 Å². The SMILES string of the molecule is CN(CCNC(CCCOc1ccc2c(ccc(=O)n2C)c1)c1ccncc1)C(=O)c1cccc2c1OCC2. The number of amides is 1. The van der Waals surface area contributed by atoms with Gasteiger partial charge < -0.3 is 24.3 Å². The molecule has 0 spiro atoms. The molecule has 2 aromatic carbocycles. The first-order chi connectivity index (χ1) is 19.0. The van der Waals surface area contributed by atoms with Crippen LogP contribution in [0.15, 0.2) is 77.9 Å². The summed E-state index contributed by atoms with van der Waals surface area (Å²) < 4.78 is 13.4. The van der Waals surface area contributed by atoms with Crippen molar-refractivity contribution in [3.8, 4) is 11.5 Å². The molecule has 8 heteroatoms. The predicted octanol–water partition coefficient (Wildman–Crippen LogP) is 4.13. The molecule has 0 saturated carbocycles. The summed E-state index contributed by atoms with van der Waals surface area (Å²) >= 11 is 0. The third-order valence-corrected chi connectivity index (χ3v) is 7.24. The number of carbonyl (C=O) groups is 1. The lowest BCUT2D eigenvalue weighted by Gasteiger charge is -2.23. The third kappa shape index (κ3) is 6.12. The van der Waals surface area contributed by atoms with Crippen molar-refractivity contribution in [3.05, 3.63) is 100 Å². The van der Waals surface area contributed by atoms with Gasteiger partial charge in [0.1, 0.15) is 11.5 Å². The van der Waals surface area contributed by atoms with E-state index in [0.717, 1.165) is 52.8 Å². The van der Waals surface area contributed by atoms with Gasteiger partial charge >= 0.3 is 0 Å². The zero-order chi connectivity index (χ0) is 27.2. The molecule has 8 nitrogen and oxygen atoms in total. The molecule has 0 aliphatic carbocycles. The first-order valence-electron chi connectivity index (χ1n) is 13.4. The van der Waals surface area contributed by atoms with E-state index in [-0.39, 0.29) is 17.5 Å². The quantitative estimate of drug-likeness (QED) is 0.296. The highest BCUT2D eigenvalue weighted by Gasteiger charge is 2.22. The van der Waals surface area contributed by atoms with Gasteiger partial charge in [-0.2, -0.15) is 0 Å². The number of hydrogen-bond acceptors (Lipinski definition) is 6. The van der Waals surface area contributed by atoms with Crippen molar-refractivity contribution in [2.24, 2.45) is 7.05 Å². The molecule has 39 heavy (non-hydrogen) atoms. The number of pyridine rings is 2. The number of benzene rings is 2. The number of fused-ring (bicyclic) bond motifs is 2. The Morgan fingerprint density at radius 3 is 2.85 bits per heavy atom. The zero-order valence-electron chi connectivity index (χ0n) is 22.4. The number of aromatic nitrogens is 2. The predicted molar refractivity (Wildman–Crippen MR) is 152 cm³/mol. The van der Waals surface area contributed by atoms with E-state index < -0.39 is 0 Å². The maximum atomic E-state index is 13.1. The molecule has 202 valence electrons. The average molecular weight is 527 g/mol. The van der Waals surface area contributed by atoms with Crippen LogP contribution < -0.4 is 20.3 Å². The lowest BCUT2D eigenvalue weighted by atomic mass is 10.0. The van der Waals surface area contributed by atoms with E-state index in [4.69, 9.17) is 9.47 Å². The van der Waals surface area contributed by atoms with Crippen LogP contribution in [-0.2, 0) is 13.5 Å². The maximum absolute atomic E-state index is 13.1. The molecule has 2 aromatic heterocycles. The fraction of sp³-hybridized carbons (Fsp3) is 0.323. The smallest absolute Gasteiger partial charge is 0.257 e. The molecule has 1 amide bonds. The van der Waals surface area contributed by atoms with Gasteiger partial charge in [0.05, 0.1) is 24.3 Å². The number of para-hydroxylation sites is 1. The van der Waals surface area contributed by atoms with Crippen LogP contribution in [0.3, 0.4) is 0 Å². The highest BCUT2D eigenvalue weighted by atomic mass is 16.5. The molecule has 0 radical (unpaired) electrons. The standard InChI is InChI=1S/C31H34N4O4/c1-34(31(37)26-6-3-5-23-14-20-39-30(23)26)18-17-33-27(22-12-15-32-16-13-22)7-4-19-38-25-9-10-28-24(21-25)8-11-29(36)35(28)2/h3,5-6,8-13,15-16,21,27,33H,4,7,14,17-20H2,1-2H3. The Bertz CT molecular complexity index is 1500. The monoisotopic (exact) mass is 526 g/mol. The summed E-state index contributed by atoms with van der Waals surface area (Å²) in [7, 11) is 3.60. The van der Waals surface area contributed by atoms with E-state index in [2.05, 4.69) is 10.3 Å². The maximum Gasteiger partial charge on any atom is 0.257 e. The Morgan fingerprint density at radius 2 is 2.00 bits per heavy atom. The second kappa shape index (κ2) is 12.1. The summed E-state index contributed by atoms with van der Waals surface area (Å²) in [5.41, 5.74) is 3.73. The van der Waals surface area contributed by atoms with Crippen molar-refractivity contribution >= 4 is 16.8 Å². The van der Waals surface area contributed by atoms with E-state index in [0.29, 0.717) is 31.9 Å². The van der Waals surface area contributed by atoms with E-state index in [1.165, 1.54) is 0 Å². The molecule has 0 saturated heterocycles. The topological polar surface area (TPSA) is 85.7 Å². The molecule has 1 N–H and O–H groups in total. The second-order valence-corrected chi connectivity index (χ2v) is 9.85. The molecule has 1 aliphatic heterocycles. The molecule has 1 aliphatic rings. The van der Waals surface area contributed by atoms with Gasteiger partial charge in [-0.15, -0.1) is 0 Å². The minimum atomic E-state index is -0.0287. The van der Waals surface area contributed by atoms with Crippen LogP contribution in [0.25, 0.3) is 10.9 Å². The van der Waals surface area contributed by atoms with E-state index in [9.17, 15) is 9.59 Å². The molecule has 5 rings (SSSR count). The number of likely N-dealkylation sites (N-methyl/N-ethyl adjacent to an activating group) is 1. The van der Waals surface area contributed by atoms with Crippen LogP contribution in [-0.4, -0.2) is 53.7 Å². The number of nitrogens with one attached hydrogen (secondary N) is 1. The molecule has 3 heterocycles. The van der Waals surface area contributed by atoms with Gasteiger partial charge in [0.25, 0.3) is 11.5 Å². The third-order valence-electron chi connectivity index (χ3n) is 7.24. The average Bonchev–Trinajstić information content (AvgIpc) is 3.45. The highest BCUT2D eigenvalue weighted by Crippen LogP contribution is 2.30. The minimum absolute atomic E-state index is 0.0279. The van der Waals surface area contributed by atoms with Gasteiger partial charge in [0, 0.05) is 63.5 Å². The molecular formula is C31H34N4O4. The van der Waals surface area contributed by atoms with E-state index >= 15 is 0 Å².